The topological polar surface area (TPSA) is 33.1 Å². The van der Waals surface area contributed by atoms with Gasteiger partial charge in [0, 0.05) is 11.3 Å². The van der Waals surface area contributed by atoms with E-state index in [1.807, 2.05) is 0 Å². The smallest absolute Gasteiger partial charge is 0.0959 e. The molecule has 1 aromatic heterocycles. The minimum absolute atomic E-state index is 0.499. The van der Waals surface area contributed by atoms with Gasteiger partial charge in [-0.25, -0.2) is 4.98 Å². The van der Waals surface area contributed by atoms with Crippen molar-refractivity contribution < 1.29 is 5.11 Å². The highest BCUT2D eigenvalue weighted by atomic mass is 32.1. The van der Waals surface area contributed by atoms with E-state index in [0.717, 1.165) is 35.9 Å². The second-order valence-electron chi connectivity index (χ2n) is 5.86. The van der Waals surface area contributed by atoms with Crippen molar-refractivity contribution in [2.75, 3.05) is 0 Å². The van der Waals surface area contributed by atoms with E-state index in [0.29, 0.717) is 0 Å². The summed E-state index contributed by atoms with van der Waals surface area (Å²) < 4.78 is 0. The van der Waals surface area contributed by atoms with Crippen LogP contribution in [0.4, 0.5) is 0 Å². The van der Waals surface area contributed by atoms with E-state index in [1.54, 1.807) is 11.3 Å². The van der Waals surface area contributed by atoms with Crippen LogP contribution < -0.4 is 0 Å². The zero-order valence-corrected chi connectivity index (χ0v) is 12.6. The summed E-state index contributed by atoms with van der Waals surface area (Å²) in [5.41, 5.74) is 0.624. The molecule has 0 aliphatic heterocycles. The SMILES string of the molecule is CCC1CCCC(O)(Cc2nc(C)c(C)s2)CC1. The fourth-order valence-corrected chi connectivity index (χ4v) is 4.01. The maximum absolute atomic E-state index is 10.8. The Hall–Kier alpha value is -0.410. The van der Waals surface area contributed by atoms with E-state index in [2.05, 4.69) is 25.8 Å². The predicted octanol–water partition coefficient (Wildman–Crippen LogP) is 4.02. The normalized spacial score (nSPS) is 29.2. The van der Waals surface area contributed by atoms with Crippen LogP contribution in [-0.2, 0) is 6.42 Å². The van der Waals surface area contributed by atoms with Crippen molar-refractivity contribution in [3.8, 4) is 0 Å². The van der Waals surface area contributed by atoms with E-state index >= 15 is 0 Å². The number of aromatic nitrogens is 1. The highest BCUT2D eigenvalue weighted by molar-refractivity contribution is 7.11. The second kappa shape index (κ2) is 5.70. The first-order valence-corrected chi connectivity index (χ1v) is 7.99. The zero-order valence-electron chi connectivity index (χ0n) is 11.8. The number of hydrogen-bond donors (Lipinski definition) is 1. The van der Waals surface area contributed by atoms with Gasteiger partial charge in [-0.3, -0.25) is 0 Å². The molecule has 102 valence electrons. The van der Waals surface area contributed by atoms with Gasteiger partial charge in [0.2, 0.25) is 0 Å². The highest BCUT2D eigenvalue weighted by Gasteiger charge is 2.31. The van der Waals surface area contributed by atoms with Crippen molar-refractivity contribution in [3.63, 3.8) is 0 Å². The molecule has 2 atom stereocenters. The average molecular weight is 267 g/mol. The van der Waals surface area contributed by atoms with Crippen molar-refractivity contribution in [2.45, 2.75) is 71.3 Å². The molecule has 0 radical (unpaired) electrons. The molecule has 1 aliphatic rings. The van der Waals surface area contributed by atoms with Gasteiger partial charge in [0.25, 0.3) is 0 Å². The number of aryl methyl sites for hydroxylation is 2. The molecular weight excluding hydrogens is 242 g/mol. The van der Waals surface area contributed by atoms with Crippen molar-refractivity contribution in [1.82, 2.24) is 4.98 Å². The molecule has 2 unspecified atom stereocenters. The van der Waals surface area contributed by atoms with E-state index < -0.39 is 5.60 Å². The van der Waals surface area contributed by atoms with Gasteiger partial charge >= 0.3 is 0 Å². The summed E-state index contributed by atoms with van der Waals surface area (Å²) in [5, 5.41) is 11.9. The molecule has 1 N–H and O–H groups in total. The van der Waals surface area contributed by atoms with Gasteiger partial charge < -0.3 is 5.11 Å². The number of nitrogens with zero attached hydrogens (tertiary/aromatic N) is 1. The summed E-state index contributed by atoms with van der Waals surface area (Å²) >= 11 is 1.75. The van der Waals surface area contributed by atoms with Gasteiger partial charge in [0.15, 0.2) is 0 Å². The molecule has 2 rings (SSSR count). The van der Waals surface area contributed by atoms with Gasteiger partial charge in [0.05, 0.1) is 16.3 Å². The molecule has 1 aromatic rings. The Balaban J connectivity index is 2.02. The van der Waals surface area contributed by atoms with E-state index in [4.69, 9.17) is 0 Å². The summed E-state index contributed by atoms with van der Waals surface area (Å²) in [5.74, 6) is 0.818. The average Bonchev–Trinajstić information content (AvgIpc) is 2.52. The molecule has 18 heavy (non-hydrogen) atoms. The van der Waals surface area contributed by atoms with E-state index in [1.165, 1.54) is 30.6 Å². The first-order valence-electron chi connectivity index (χ1n) is 7.18. The molecule has 0 saturated heterocycles. The second-order valence-corrected chi connectivity index (χ2v) is 7.14. The fraction of sp³-hybridized carbons (Fsp3) is 0.800. The van der Waals surface area contributed by atoms with Crippen LogP contribution >= 0.6 is 11.3 Å². The summed E-state index contributed by atoms with van der Waals surface area (Å²) in [6.07, 6.45) is 7.53. The highest BCUT2D eigenvalue weighted by Crippen LogP contribution is 2.35. The molecule has 0 amide bonds. The standard InChI is InChI=1S/C15H25NOS/c1-4-13-6-5-8-15(17,9-7-13)10-14-16-11(2)12(3)18-14/h13,17H,4-10H2,1-3H3. The molecule has 0 bridgehead atoms. The molecule has 0 aromatic carbocycles. The zero-order chi connectivity index (χ0) is 13.2. The van der Waals surface area contributed by atoms with Gasteiger partial charge in [-0.15, -0.1) is 11.3 Å². The summed E-state index contributed by atoms with van der Waals surface area (Å²) in [4.78, 5) is 5.86. The summed E-state index contributed by atoms with van der Waals surface area (Å²) in [6, 6.07) is 0. The third-order valence-electron chi connectivity index (χ3n) is 4.40. The van der Waals surface area contributed by atoms with Crippen molar-refractivity contribution in [3.05, 3.63) is 15.6 Å². The molecule has 2 nitrogen and oxygen atoms in total. The molecule has 1 heterocycles. The maximum atomic E-state index is 10.8. The number of rotatable bonds is 3. The third kappa shape index (κ3) is 3.33. The minimum Gasteiger partial charge on any atom is -0.389 e. The van der Waals surface area contributed by atoms with Gasteiger partial charge in [-0.2, -0.15) is 0 Å². The van der Waals surface area contributed by atoms with Gasteiger partial charge in [0.1, 0.15) is 0 Å². The van der Waals surface area contributed by atoms with E-state index in [9.17, 15) is 5.11 Å². The Morgan fingerprint density at radius 2 is 2.11 bits per heavy atom. The van der Waals surface area contributed by atoms with Crippen LogP contribution in [-0.4, -0.2) is 15.7 Å². The lowest BCUT2D eigenvalue weighted by molar-refractivity contribution is 0.0241. The maximum Gasteiger partial charge on any atom is 0.0959 e. The van der Waals surface area contributed by atoms with Gasteiger partial charge in [-0.1, -0.05) is 26.2 Å². The number of aliphatic hydroxyl groups is 1. The molecule has 0 spiro atoms. The van der Waals surface area contributed by atoms with Crippen LogP contribution in [0.3, 0.4) is 0 Å². The van der Waals surface area contributed by atoms with Crippen LogP contribution in [0.15, 0.2) is 0 Å². The Labute approximate surface area is 114 Å². The lowest BCUT2D eigenvalue weighted by atomic mass is 9.90. The van der Waals surface area contributed by atoms with Crippen molar-refractivity contribution >= 4 is 11.3 Å². The van der Waals surface area contributed by atoms with Crippen LogP contribution in [0.5, 0.6) is 0 Å². The fourth-order valence-electron chi connectivity index (χ4n) is 2.94. The van der Waals surface area contributed by atoms with E-state index in [-0.39, 0.29) is 0 Å². The Morgan fingerprint density at radius 1 is 1.33 bits per heavy atom. The van der Waals surface area contributed by atoms with Crippen molar-refractivity contribution in [2.24, 2.45) is 5.92 Å². The molecule has 3 heteroatoms. The molecule has 1 aliphatic carbocycles. The monoisotopic (exact) mass is 267 g/mol. The predicted molar refractivity (Wildman–Crippen MR) is 77.1 cm³/mol. The van der Waals surface area contributed by atoms with Crippen LogP contribution in [0.1, 0.15) is 61.0 Å². The number of hydrogen-bond acceptors (Lipinski definition) is 3. The first kappa shape index (κ1) is 14.0. The quantitative estimate of drug-likeness (QED) is 0.839. The van der Waals surface area contributed by atoms with Crippen molar-refractivity contribution in [1.29, 1.82) is 0 Å². The third-order valence-corrected chi connectivity index (χ3v) is 5.48. The lowest BCUT2D eigenvalue weighted by Crippen LogP contribution is -2.30. The van der Waals surface area contributed by atoms with Gasteiger partial charge in [-0.05, 0) is 39.0 Å². The summed E-state index contributed by atoms with van der Waals surface area (Å²) in [6.45, 7) is 6.43. The van der Waals surface area contributed by atoms with Crippen LogP contribution in [0.2, 0.25) is 0 Å². The summed E-state index contributed by atoms with van der Waals surface area (Å²) in [7, 11) is 0. The Bertz CT molecular complexity index is 382. The Kier molecular flexibility index (Phi) is 4.44. The molecular formula is C15H25NOS. The largest absolute Gasteiger partial charge is 0.389 e. The molecule has 1 fully saturated rings. The van der Waals surface area contributed by atoms with Crippen LogP contribution in [0, 0.1) is 19.8 Å². The lowest BCUT2D eigenvalue weighted by Gasteiger charge is -2.25. The first-order chi connectivity index (χ1) is 8.52. The number of thiazole rings is 1. The minimum atomic E-state index is -0.499. The van der Waals surface area contributed by atoms with Crippen LogP contribution in [0.25, 0.3) is 0 Å². The molecule has 1 saturated carbocycles. The Morgan fingerprint density at radius 3 is 2.72 bits per heavy atom.